The number of hydrogen-bond donors (Lipinski definition) is 1. The Morgan fingerprint density at radius 3 is 2.39 bits per heavy atom. The topological polar surface area (TPSA) is 19.0 Å². The molecule has 0 radical (unpaired) electrons. The molecule has 23 heavy (non-hydrogen) atoms. The van der Waals surface area contributed by atoms with Crippen LogP contribution in [0.15, 0.2) is 17.0 Å². The minimum Gasteiger partial charge on any atom is -0.358 e. The summed E-state index contributed by atoms with van der Waals surface area (Å²) in [6.45, 7) is 8.77. The summed E-state index contributed by atoms with van der Waals surface area (Å²) in [5.74, 6) is 3.20. The van der Waals surface area contributed by atoms with Crippen LogP contribution in [0.2, 0.25) is 0 Å². The molecule has 128 valence electrons. The van der Waals surface area contributed by atoms with Crippen molar-refractivity contribution in [2.45, 2.75) is 38.5 Å². The van der Waals surface area contributed by atoms with E-state index in [0.29, 0.717) is 0 Å². The summed E-state index contributed by atoms with van der Waals surface area (Å²) in [6, 6.07) is 3.95. The van der Waals surface area contributed by atoms with Gasteiger partial charge in [-0.1, -0.05) is 20.8 Å². The zero-order valence-electron chi connectivity index (χ0n) is 14.8. The SMILES string of the molecule is CCS(CC)(CC)c1cc2[nH]c3c(c2cc1F)CCN(C)CC3. The average molecular weight is 337 g/mol. The highest BCUT2D eigenvalue weighted by Gasteiger charge is 2.26. The number of rotatable bonds is 4. The van der Waals surface area contributed by atoms with Gasteiger partial charge in [0.2, 0.25) is 0 Å². The van der Waals surface area contributed by atoms with Gasteiger partial charge < -0.3 is 9.88 Å². The van der Waals surface area contributed by atoms with Crippen LogP contribution in [0, 0.1) is 5.82 Å². The molecule has 0 saturated heterocycles. The fraction of sp³-hybridized carbons (Fsp3) is 0.579. The van der Waals surface area contributed by atoms with Crippen LogP contribution in [0.25, 0.3) is 10.9 Å². The predicted octanol–water partition coefficient (Wildman–Crippen LogP) is 4.56. The number of hydrogen-bond acceptors (Lipinski definition) is 1. The second kappa shape index (κ2) is 6.48. The van der Waals surface area contributed by atoms with E-state index in [-0.39, 0.29) is 5.82 Å². The van der Waals surface area contributed by atoms with Crippen LogP contribution in [0.1, 0.15) is 32.0 Å². The molecule has 2 aromatic rings. The monoisotopic (exact) mass is 336 g/mol. The molecule has 0 amide bonds. The fourth-order valence-electron chi connectivity index (χ4n) is 3.93. The first-order valence-corrected chi connectivity index (χ1v) is 11.0. The van der Waals surface area contributed by atoms with Crippen molar-refractivity contribution in [1.29, 1.82) is 0 Å². The van der Waals surface area contributed by atoms with E-state index in [1.807, 2.05) is 6.07 Å². The molecule has 1 aromatic carbocycles. The van der Waals surface area contributed by atoms with Crippen LogP contribution >= 0.6 is 10.0 Å². The molecule has 1 aromatic heterocycles. The molecule has 0 atom stereocenters. The zero-order chi connectivity index (χ0) is 16.6. The van der Waals surface area contributed by atoms with Gasteiger partial charge in [0.1, 0.15) is 5.82 Å². The van der Waals surface area contributed by atoms with Gasteiger partial charge >= 0.3 is 0 Å². The minimum atomic E-state index is -1.03. The molecule has 3 rings (SSSR count). The van der Waals surface area contributed by atoms with Crippen molar-refractivity contribution in [2.24, 2.45) is 0 Å². The number of benzene rings is 1. The van der Waals surface area contributed by atoms with Gasteiger partial charge in [0.05, 0.1) is 0 Å². The van der Waals surface area contributed by atoms with E-state index in [4.69, 9.17) is 0 Å². The van der Waals surface area contributed by atoms with Crippen molar-refractivity contribution in [3.8, 4) is 0 Å². The van der Waals surface area contributed by atoms with Crippen LogP contribution in [-0.4, -0.2) is 47.3 Å². The van der Waals surface area contributed by atoms with Crippen LogP contribution in [0.3, 0.4) is 0 Å². The number of aromatic nitrogens is 1. The summed E-state index contributed by atoms with van der Waals surface area (Å²) in [6.07, 6.45) is 2.04. The predicted molar refractivity (Wildman–Crippen MR) is 101 cm³/mol. The average Bonchev–Trinajstić information content (AvgIpc) is 2.78. The van der Waals surface area contributed by atoms with E-state index in [0.717, 1.165) is 59.0 Å². The number of aromatic amines is 1. The molecular formula is C19H29FN2S. The number of nitrogens with one attached hydrogen (secondary N) is 1. The lowest BCUT2D eigenvalue weighted by atomic mass is 10.1. The molecule has 0 unspecified atom stereocenters. The van der Waals surface area contributed by atoms with Crippen molar-refractivity contribution in [1.82, 2.24) is 9.88 Å². The first-order valence-electron chi connectivity index (χ1n) is 8.82. The summed E-state index contributed by atoms with van der Waals surface area (Å²) < 4.78 is 15.0. The molecule has 4 heteroatoms. The third kappa shape index (κ3) is 2.80. The highest BCUT2D eigenvalue weighted by Crippen LogP contribution is 2.56. The third-order valence-electron chi connectivity index (χ3n) is 5.66. The van der Waals surface area contributed by atoms with E-state index in [9.17, 15) is 4.39 Å². The van der Waals surface area contributed by atoms with E-state index in [1.54, 1.807) is 0 Å². The fourth-order valence-corrected chi connectivity index (χ4v) is 6.93. The highest BCUT2D eigenvalue weighted by atomic mass is 32.3. The van der Waals surface area contributed by atoms with Crippen molar-refractivity contribution in [3.63, 3.8) is 0 Å². The number of likely N-dealkylation sites (N-methyl/N-ethyl adjacent to an activating group) is 1. The Hall–Kier alpha value is -1.00. The molecule has 1 aliphatic rings. The molecule has 0 fully saturated rings. The van der Waals surface area contributed by atoms with Gasteiger partial charge in [-0.05, 0) is 48.4 Å². The Bertz CT molecular complexity index is 695. The first kappa shape index (κ1) is 16.8. The maximum atomic E-state index is 15.0. The lowest BCUT2D eigenvalue weighted by Gasteiger charge is -2.38. The van der Waals surface area contributed by atoms with Crippen molar-refractivity contribution >= 4 is 20.9 Å². The quantitative estimate of drug-likeness (QED) is 0.867. The van der Waals surface area contributed by atoms with Gasteiger partial charge in [0.25, 0.3) is 0 Å². The largest absolute Gasteiger partial charge is 0.358 e. The van der Waals surface area contributed by atoms with Gasteiger partial charge in [-0.15, -0.1) is 0 Å². The normalized spacial score (nSPS) is 17.3. The Kier molecular flexibility index (Phi) is 4.75. The molecule has 0 spiro atoms. The van der Waals surface area contributed by atoms with Crippen LogP contribution in [-0.2, 0) is 12.8 Å². The Morgan fingerprint density at radius 1 is 1.09 bits per heavy atom. The molecule has 1 aliphatic heterocycles. The number of nitrogens with zero attached hydrogens (tertiary/aromatic N) is 1. The molecule has 0 aliphatic carbocycles. The smallest absolute Gasteiger partial charge is 0.136 e. The van der Waals surface area contributed by atoms with Gasteiger partial charge in [0, 0.05) is 41.0 Å². The molecule has 1 N–H and O–H groups in total. The van der Waals surface area contributed by atoms with Gasteiger partial charge in [-0.3, -0.25) is 0 Å². The van der Waals surface area contributed by atoms with Crippen molar-refractivity contribution in [2.75, 3.05) is 37.4 Å². The lowest BCUT2D eigenvalue weighted by molar-refractivity contribution is 0.352. The Labute approximate surface area is 140 Å². The molecule has 2 heterocycles. The highest BCUT2D eigenvalue weighted by molar-refractivity contribution is 8.33. The molecule has 0 saturated carbocycles. The van der Waals surface area contributed by atoms with Gasteiger partial charge in [-0.2, -0.15) is 0 Å². The second-order valence-electron chi connectivity index (χ2n) is 6.63. The molecule has 2 nitrogen and oxygen atoms in total. The molecular weight excluding hydrogens is 307 g/mol. The van der Waals surface area contributed by atoms with Crippen LogP contribution in [0.4, 0.5) is 4.39 Å². The second-order valence-corrected chi connectivity index (χ2v) is 10.9. The summed E-state index contributed by atoms with van der Waals surface area (Å²) in [4.78, 5) is 6.94. The van der Waals surface area contributed by atoms with E-state index in [2.05, 4.69) is 43.8 Å². The Morgan fingerprint density at radius 2 is 1.74 bits per heavy atom. The van der Waals surface area contributed by atoms with E-state index >= 15 is 0 Å². The maximum absolute atomic E-state index is 15.0. The van der Waals surface area contributed by atoms with Crippen molar-refractivity contribution < 1.29 is 4.39 Å². The van der Waals surface area contributed by atoms with E-state index in [1.165, 1.54) is 11.3 Å². The Balaban J connectivity index is 2.14. The minimum absolute atomic E-state index is 0.0115. The summed E-state index contributed by atoms with van der Waals surface area (Å²) in [5, 5.41) is 1.10. The van der Waals surface area contributed by atoms with Crippen LogP contribution in [0.5, 0.6) is 0 Å². The summed E-state index contributed by atoms with van der Waals surface area (Å²) in [5.41, 5.74) is 3.79. The molecule has 0 bridgehead atoms. The first-order chi connectivity index (χ1) is 11.0. The van der Waals surface area contributed by atoms with Gasteiger partial charge in [0.15, 0.2) is 0 Å². The van der Waals surface area contributed by atoms with E-state index < -0.39 is 10.0 Å². The summed E-state index contributed by atoms with van der Waals surface area (Å²) in [7, 11) is 1.13. The summed E-state index contributed by atoms with van der Waals surface area (Å²) >= 11 is 0. The third-order valence-corrected chi connectivity index (χ3v) is 10.2. The standard InChI is InChI=1S/C19H29FN2S/c1-5-23(6-2,7-3)19-13-18-15(12-16(19)20)14-8-10-22(4)11-9-17(14)21-18/h12-13,21H,5-11H2,1-4H3. The van der Waals surface area contributed by atoms with Crippen LogP contribution < -0.4 is 0 Å². The lowest BCUT2D eigenvalue weighted by Crippen LogP contribution is -2.21. The van der Waals surface area contributed by atoms with Crippen molar-refractivity contribution in [3.05, 3.63) is 29.2 Å². The number of fused-ring (bicyclic) bond motifs is 3. The number of halogens is 1. The van der Waals surface area contributed by atoms with Gasteiger partial charge in [-0.25, -0.2) is 14.4 Å². The number of H-pyrrole nitrogens is 1. The maximum Gasteiger partial charge on any atom is 0.136 e. The zero-order valence-corrected chi connectivity index (χ0v) is 15.7.